The van der Waals surface area contributed by atoms with Gasteiger partial charge in [0.25, 0.3) is 0 Å². The highest BCUT2D eigenvalue weighted by Gasteiger charge is 2.25. The van der Waals surface area contributed by atoms with E-state index in [1.165, 1.54) is 12.4 Å². The van der Waals surface area contributed by atoms with Gasteiger partial charge in [-0.25, -0.2) is 14.4 Å². The van der Waals surface area contributed by atoms with E-state index in [2.05, 4.69) is 27.1 Å². The normalized spacial score (nSPS) is 14.8. The maximum Gasteiger partial charge on any atom is 0.242 e. The van der Waals surface area contributed by atoms with Crippen LogP contribution in [0.15, 0.2) is 24.5 Å². The first kappa shape index (κ1) is 20.1. The molecule has 0 spiro atoms. The monoisotopic (exact) mass is 412 g/mol. The third-order valence-corrected chi connectivity index (χ3v) is 5.01. The van der Waals surface area contributed by atoms with Crippen molar-refractivity contribution in [2.45, 2.75) is 33.3 Å². The summed E-state index contributed by atoms with van der Waals surface area (Å²) in [7, 11) is 0. The van der Waals surface area contributed by atoms with Crippen molar-refractivity contribution in [3.05, 3.63) is 30.3 Å². The van der Waals surface area contributed by atoms with Crippen molar-refractivity contribution in [3.63, 3.8) is 0 Å². The lowest BCUT2D eigenvalue weighted by molar-refractivity contribution is -0.131. The molecule has 0 bridgehead atoms. The van der Waals surface area contributed by atoms with Crippen LogP contribution in [-0.2, 0) is 4.79 Å². The number of hydrogen-bond acceptors (Lipinski definition) is 6. The number of aromatic nitrogens is 4. The number of carbonyl (C=O) groups excluding carboxylic acids is 1. The topological polar surface area (TPSA) is 87.2 Å². The molecule has 1 aliphatic rings. The van der Waals surface area contributed by atoms with E-state index in [1.807, 2.05) is 29.7 Å². The number of nitrogens with one attached hydrogen (secondary N) is 1. The van der Waals surface area contributed by atoms with Gasteiger partial charge in [-0.15, -0.1) is 0 Å². The highest BCUT2D eigenvalue weighted by atomic mass is 19.1. The number of fused-ring (bicyclic) bond motifs is 1. The van der Waals surface area contributed by atoms with Gasteiger partial charge in [0.15, 0.2) is 11.6 Å². The van der Waals surface area contributed by atoms with E-state index < -0.39 is 5.82 Å². The number of carbonyl (C=O) groups is 1. The van der Waals surface area contributed by atoms with Gasteiger partial charge < -0.3 is 14.5 Å². The zero-order chi connectivity index (χ0) is 21.3. The molecule has 1 saturated heterocycles. The van der Waals surface area contributed by atoms with Crippen LogP contribution in [-0.4, -0.2) is 63.3 Å². The molecule has 3 aromatic rings. The molecule has 0 saturated carbocycles. The molecule has 1 fully saturated rings. The van der Waals surface area contributed by atoms with Crippen molar-refractivity contribution in [2.75, 3.05) is 31.1 Å². The minimum Gasteiger partial charge on any atom is -0.488 e. The van der Waals surface area contributed by atoms with E-state index in [0.29, 0.717) is 41.2 Å². The molecule has 0 atom stereocenters. The molecule has 30 heavy (non-hydrogen) atoms. The van der Waals surface area contributed by atoms with Crippen molar-refractivity contribution in [2.24, 2.45) is 0 Å². The SMILES string of the molecule is CCCN1CCN(c2cc(-c3n[nH]c4cc(F)c(OC(C)C)cc34)ncn2)CC1=O. The Bertz CT molecular complexity index is 1070. The van der Waals surface area contributed by atoms with Gasteiger partial charge in [0.1, 0.15) is 17.8 Å². The number of halogens is 1. The Balaban J connectivity index is 1.64. The van der Waals surface area contributed by atoms with E-state index in [0.717, 1.165) is 13.0 Å². The minimum absolute atomic E-state index is 0.0967. The van der Waals surface area contributed by atoms with Gasteiger partial charge in [0.2, 0.25) is 5.91 Å². The summed E-state index contributed by atoms with van der Waals surface area (Å²) in [4.78, 5) is 24.9. The van der Waals surface area contributed by atoms with Crippen LogP contribution in [0.2, 0.25) is 0 Å². The van der Waals surface area contributed by atoms with Crippen molar-refractivity contribution in [1.82, 2.24) is 25.1 Å². The number of benzene rings is 1. The molecule has 8 nitrogen and oxygen atoms in total. The summed E-state index contributed by atoms with van der Waals surface area (Å²) in [5.41, 5.74) is 1.73. The average molecular weight is 412 g/mol. The predicted molar refractivity (Wildman–Crippen MR) is 112 cm³/mol. The molecule has 3 heterocycles. The Labute approximate surface area is 174 Å². The first-order chi connectivity index (χ1) is 14.5. The van der Waals surface area contributed by atoms with Crippen LogP contribution < -0.4 is 9.64 Å². The summed E-state index contributed by atoms with van der Waals surface area (Å²) in [5, 5.41) is 7.90. The molecule has 1 N–H and O–H groups in total. The lowest BCUT2D eigenvalue weighted by atomic mass is 10.1. The lowest BCUT2D eigenvalue weighted by Crippen LogP contribution is -2.50. The van der Waals surface area contributed by atoms with Gasteiger partial charge >= 0.3 is 0 Å². The largest absolute Gasteiger partial charge is 0.488 e. The van der Waals surface area contributed by atoms with Crippen LogP contribution >= 0.6 is 0 Å². The number of rotatable bonds is 6. The van der Waals surface area contributed by atoms with E-state index in [9.17, 15) is 9.18 Å². The average Bonchev–Trinajstić information content (AvgIpc) is 3.12. The lowest BCUT2D eigenvalue weighted by Gasteiger charge is -2.34. The molecule has 158 valence electrons. The highest BCUT2D eigenvalue weighted by molar-refractivity contribution is 5.93. The van der Waals surface area contributed by atoms with Gasteiger partial charge in [-0.1, -0.05) is 6.92 Å². The molecule has 0 unspecified atom stereocenters. The Hall–Kier alpha value is -3.23. The summed E-state index contributed by atoms with van der Waals surface area (Å²) in [6.45, 7) is 8.20. The number of aromatic amines is 1. The van der Waals surface area contributed by atoms with Crippen molar-refractivity contribution in [3.8, 4) is 17.1 Å². The number of piperazine rings is 1. The van der Waals surface area contributed by atoms with Crippen LogP contribution in [0.3, 0.4) is 0 Å². The zero-order valence-electron chi connectivity index (χ0n) is 17.4. The fraction of sp³-hybridized carbons (Fsp3) is 0.429. The van der Waals surface area contributed by atoms with Gasteiger partial charge in [0, 0.05) is 37.2 Å². The molecule has 1 aromatic carbocycles. The van der Waals surface area contributed by atoms with Crippen LogP contribution in [0, 0.1) is 5.82 Å². The van der Waals surface area contributed by atoms with E-state index in [1.54, 1.807) is 6.07 Å². The second-order valence-electron chi connectivity index (χ2n) is 7.63. The summed E-state index contributed by atoms with van der Waals surface area (Å²) < 4.78 is 19.9. The number of amides is 1. The standard InChI is InChI=1S/C21H25FN6O2/c1-4-5-27-6-7-28(11-20(27)29)19-10-17(23-12-24-19)21-14-8-18(30-13(2)3)15(22)9-16(14)25-26-21/h8-10,12-13H,4-7,11H2,1-3H3,(H,25,26). The second-order valence-corrected chi connectivity index (χ2v) is 7.63. The van der Waals surface area contributed by atoms with Crippen LogP contribution in [0.4, 0.5) is 10.2 Å². The van der Waals surface area contributed by atoms with Crippen LogP contribution in [0.1, 0.15) is 27.2 Å². The number of H-pyrrole nitrogens is 1. The maximum absolute atomic E-state index is 14.3. The smallest absolute Gasteiger partial charge is 0.242 e. The Morgan fingerprint density at radius 1 is 1.23 bits per heavy atom. The van der Waals surface area contributed by atoms with Crippen molar-refractivity contribution < 1.29 is 13.9 Å². The molecular formula is C21H25FN6O2. The van der Waals surface area contributed by atoms with Gasteiger partial charge in [-0.2, -0.15) is 5.10 Å². The first-order valence-electron chi connectivity index (χ1n) is 10.2. The quantitative estimate of drug-likeness (QED) is 0.670. The van der Waals surface area contributed by atoms with Crippen molar-refractivity contribution in [1.29, 1.82) is 0 Å². The summed E-state index contributed by atoms with van der Waals surface area (Å²) in [5.74, 6) is 0.492. The fourth-order valence-corrected chi connectivity index (χ4v) is 3.62. The summed E-state index contributed by atoms with van der Waals surface area (Å²) in [6, 6.07) is 4.82. The minimum atomic E-state index is -0.446. The number of nitrogens with zero attached hydrogens (tertiary/aromatic N) is 5. The number of ether oxygens (including phenoxy) is 1. The maximum atomic E-state index is 14.3. The third-order valence-electron chi connectivity index (χ3n) is 5.01. The van der Waals surface area contributed by atoms with Gasteiger partial charge in [-0.3, -0.25) is 9.89 Å². The summed E-state index contributed by atoms with van der Waals surface area (Å²) >= 11 is 0. The Morgan fingerprint density at radius 3 is 2.80 bits per heavy atom. The molecular weight excluding hydrogens is 387 g/mol. The zero-order valence-corrected chi connectivity index (χ0v) is 17.4. The summed E-state index contributed by atoms with van der Waals surface area (Å²) in [6.07, 6.45) is 2.25. The van der Waals surface area contributed by atoms with E-state index in [4.69, 9.17) is 4.74 Å². The molecule has 2 aromatic heterocycles. The van der Waals surface area contributed by atoms with Gasteiger partial charge in [-0.05, 0) is 26.3 Å². The Morgan fingerprint density at radius 2 is 2.07 bits per heavy atom. The predicted octanol–water partition coefficient (Wildman–Crippen LogP) is 3.00. The molecule has 1 amide bonds. The third kappa shape index (κ3) is 3.92. The molecule has 4 rings (SSSR count). The molecule has 9 heteroatoms. The second kappa shape index (κ2) is 8.25. The van der Waals surface area contributed by atoms with Gasteiger partial charge in [0.05, 0.1) is 23.9 Å². The highest BCUT2D eigenvalue weighted by Crippen LogP contribution is 2.31. The fourth-order valence-electron chi connectivity index (χ4n) is 3.62. The first-order valence-corrected chi connectivity index (χ1v) is 10.2. The van der Waals surface area contributed by atoms with E-state index in [-0.39, 0.29) is 24.3 Å². The van der Waals surface area contributed by atoms with Crippen LogP contribution in [0.5, 0.6) is 5.75 Å². The van der Waals surface area contributed by atoms with E-state index >= 15 is 0 Å². The Kier molecular flexibility index (Phi) is 5.52. The molecule has 1 aliphatic heterocycles. The number of anilines is 1. The molecule has 0 radical (unpaired) electrons. The van der Waals surface area contributed by atoms with Crippen LogP contribution in [0.25, 0.3) is 22.3 Å². The number of hydrogen-bond donors (Lipinski definition) is 1. The van der Waals surface area contributed by atoms with Crippen molar-refractivity contribution >= 4 is 22.6 Å². The molecule has 0 aliphatic carbocycles.